The van der Waals surface area contributed by atoms with Crippen LogP contribution in [0.3, 0.4) is 0 Å². The van der Waals surface area contributed by atoms with E-state index >= 15 is 0 Å². The van der Waals surface area contributed by atoms with Crippen molar-refractivity contribution in [3.8, 4) is 0 Å². The van der Waals surface area contributed by atoms with E-state index in [9.17, 15) is 0 Å². The van der Waals surface area contributed by atoms with Crippen molar-refractivity contribution >= 4 is 17.4 Å². The molecule has 3 aromatic carbocycles. The van der Waals surface area contributed by atoms with Gasteiger partial charge in [0.25, 0.3) is 0 Å². The molecule has 1 saturated heterocycles. The summed E-state index contributed by atoms with van der Waals surface area (Å²) in [6, 6.07) is 27.2. The summed E-state index contributed by atoms with van der Waals surface area (Å²) in [5, 5.41) is 0. The number of likely N-dealkylation sites (N-methyl/N-ethyl adjacent to an activating group) is 1. The average molecular weight is 388 g/mol. The first-order chi connectivity index (χ1) is 13.8. The molecule has 0 amide bonds. The molecule has 2 aliphatic heterocycles. The normalized spacial score (nSPS) is 19.6. The van der Waals surface area contributed by atoms with Crippen molar-refractivity contribution < 1.29 is 4.90 Å². The number of anilines is 1. The fourth-order valence-electron chi connectivity index (χ4n) is 4.50. The molecule has 2 nitrogen and oxygen atoms in total. The van der Waals surface area contributed by atoms with E-state index in [1.54, 1.807) is 4.90 Å². The minimum atomic E-state index is 0.313. The number of hydrogen-bond donors (Lipinski definition) is 1. The summed E-state index contributed by atoms with van der Waals surface area (Å²) >= 11 is 2.00. The molecule has 0 radical (unpaired) electrons. The summed E-state index contributed by atoms with van der Waals surface area (Å²) in [6.45, 7) is 4.75. The number of piperazine rings is 1. The van der Waals surface area contributed by atoms with Crippen LogP contribution in [-0.4, -0.2) is 33.2 Å². The molecule has 0 aliphatic carbocycles. The molecule has 0 bridgehead atoms. The molecule has 0 spiro atoms. The lowest BCUT2D eigenvalue weighted by Gasteiger charge is -2.32. The van der Waals surface area contributed by atoms with Gasteiger partial charge >= 0.3 is 0 Å². The van der Waals surface area contributed by atoms with Crippen molar-refractivity contribution in [3.05, 3.63) is 95.1 Å². The number of hydrogen-bond acceptors (Lipinski definition) is 2. The zero-order valence-corrected chi connectivity index (χ0v) is 17.2. The molecule has 5 rings (SSSR count). The highest BCUT2D eigenvalue weighted by molar-refractivity contribution is 7.98. The van der Waals surface area contributed by atoms with Gasteiger partial charge in [-0.25, -0.2) is 0 Å². The number of benzene rings is 3. The Balaban J connectivity index is 1.59. The molecule has 0 unspecified atom stereocenters. The van der Waals surface area contributed by atoms with Crippen LogP contribution in [0, 0.1) is 0 Å². The lowest BCUT2D eigenvalue weighted by atomic mass is 9.83. The summed E-state index contributed by atoms with van der Waals surface area (Å²) in [7, 11) is 2.30. The first-order valence-electron chi connectivity index (χ1n) is 10.3. The van der Waals surface area contributed by atoms with Crippen molar-refractivity contribution in [2.24, 2.45) is 0 Å². The molecule has 3 aromatic rings. The van der Waals surface area contributed by atoms with Crippen LogP contribution in [-0.2, 0) is 5.75 Å². The van der Waals surface area contributed by atoms with E-state index in [-0.39, 0.29) is 0 Å². The third-order valence-corrected chi connectivity index (χ3v) is 7.29. The second-order valence-electron chi connectivity index (χ2n) is 8.00. The number of rotatable bonds is 2. The molecular weight excluding hydrogens is 360 g/mol. The Kier molecular flexibility index (Phi) is 4.87. The van der Waals surface area contributed by atoms with Gasteiger partial charge in [-0.1, -0.05) is 60.7 Å². The third-order valence-electron chi connectivity index (χ3n) is 6.17. The van der Waals surface area contributed by atoms with Gasteiger partial charge in [0.15, 0.2) is 0 Å². The van der Waals surface area contributed by atoms with Gasteiger partial charge < -0.3 is 9.80 Å². The van der Waals surface area contributed by atoms with E-state index in [2.05, 4.69) is 84.7 Å². The maximum absolute atomic E-state index is 2.56. The molecule has 1 fully saturated rings. The fraction of sp³-hybridized carbons (Fsp3) is 0.280. The Bertz CT molecular complexity index is 961. The topological polar surface area (TPSA) is 7.68 Å². The quantitative estimate of drug-likeness (QED) is 0.715. The van der Waals surface area contributed by atoms with Crippen LogP contribution in [0.2, 0.25) is 0 Å². The van der Waals surface area contributed by atoms with E-state index in [0.29, 0.717) is 5.92 Å². The molecule has 3 heteroatoms. The molecule has 1 atom stereocenters. The van der Waals surface area contributed by atoms with Crippen LogP contribution in [0.4, 0.5) is 5.69 Å². The van der Waals surface area contributed by atoms with Crippen molar-refractivity contribution in [2.45, 2.75) is 16.6 Å². The number of thioether (sulfide) groups is 1. The Morgan fingerprint density at radius 1 is 0.857 bits per heavy atom. The summed E-state index contributed by atoms with van der Waals surface area (Å²) in [6.07, 6.45) is 0. The monoisotopic (exact) mass is 387 g/mol. The minimum absolute atomic E-state index is 0.313. The van der Waals surface area contributed by atoms with Crippen molar-refractivity contribution in [3.63, 3.8) is 0 Å². The van der Waals surface area contributed by atoms with Crippen LogP contribution >= 0.6 is 11.8 Å². The number of fused-ring (bicyclic) bond motifs is 2. The maximum atomic E-state index is 2.56. The summed E-state index contributed by atoms with van der Waals surface area (Å²) in [5.41, 5.74) is 7.13. The van der Waals surface area contributed by atoms with E-state index in [1.165, 1.54) is 45.9 Å². The highest BCUT2D eigenvalue weighted by atomic mass is 32.2. The third kappa shape index (κ3) is 3.34. The molecule has 1 N–H and O–H groups in total. The second-order valence-corrected chi connectivity index (χ2v) is 9.01. The van der Waals surface area contributed by atoms with Crippen LogP contribution in [0.15, 0.2) is 77.7 Å². The van der Waals surface area contributed by atoms with Gasteiger partial charge in [-0.05, 0) is 34.4 Å². The molecule has 28 heavy (non-hydrogen) atoms. The Morgan fingerprint density at radius 3 is 2.43 bits per heavy atom. The van der Waals surface area contributed by atoms with Crippen LogP contribution in [0.1, 0.15) is 28.2 Å². The van der Waals surface area contributed by atoms with Crippen molar-refractivity contribution in [2.75, 3.05) is 38.1 Å². The summed E-state index contributed by atoms with van der Waals surface area (Å²) < 4.78 is 0. The zero-order valence-electron chi connectivity index (χ0n) is 16.4. The Hall–Kier alpha value is -2.23. The van der Waals surface area contributed by atoms with Gasteiger partial charge in [0.1, 0.15) is 0 Å². The molecule has 0 aromatic heterocycles. The SMILES string of the molecule is C[NH+]1CCN(c2ccc3c(c2)SCc2ccccc2[C@H]3c2ccccc2)CC1. The molecule has 0 saturated carbocycles. The van der Waals surface area contributed by atoms with E-state index in [0.717, 1.165) is 18.8 Å². The van der Waals surface area contributed by atoms with Gasteiger partial charge in [0.05, 0.1) is 33.2 Å². The van der Waals surface area contributed by atoms with Crippen LogP contribution in [0.25, 0.3) is 0 Å². The van der Waals surface area contributed by atoms with Gasteiger partial charge in [0, 0.05) is 22.3 Å². The predicted molar refractivity (Wildman–Crippen MR) is 119 cm³/mol. The zero-order chi connectivity index (χ0) is 18.9. The maximum Gasteiger partial charge on any atom is 0.0947 e. The van der Waals surface area contributed by atoms with Gasteiger partial charge in [-0.15, -0.1) is 11.8 Å². The average Bonchev–Trinajstić information content (AvgIpc) is 2.91. The highest BCUT2D eigenvalue weighted by Crippen LogP contribution is 2.44. The highest BCUT2D eigenvalue weighted by Gasteiger charge is 2.26. The van der Waals surface area contributed by atoms with Gasteiger partial charge in [-0.2, -0.15) is 0 Å². The lowest BCUT2D eigenvalue weighted by molar-refractivity contribution is -0.880. The number of nitrogens with zero attached hydrogens (tertiary/aromatic N) is 1. The van der Waals surface area contributed by atoms with E-state index in [1.807, 2.05) is 11.8 Å². The summed E-state index contributed by atoms with van der Waals surface area (Å²) in [5.74, 6) is 1.36. The van der Waals surface area contributed by atoms with Gasteiger partial charge in [0.2, 0.25) is 0 Å². The van der Waals surface area contributed by atoms with E-state index < -0.39 is 0 Å². The standard InChI is InChI=1S/C25H26N2S/c1-26-13-15-27(16-14-26)21-11-12-23-24(17-21)28-18-20-9-5-6-10-22(20)25(23)19-7-3-2-4-8-19/h2-12,17,25H,13-16,18H2,1H3/p+1/t25-/m1/s1. The molecular formula is C25H27N2S+. The number of nitrogens with one attached hydrogen (secondary N) is 1. The van der Waals surface area contributed by atoms with E-state index in [4.69, 9.17) is 0 Å². The fourth-order valence-corrected chi connectivity index (χ4v) is 5.64. The Labute approximate surface area is 172 Å². The van der Waals surface area contributed by atoms with Crippen LogP contribution < -0.4 is 9.80 Å². The minimum Gasteiger partial charge on any atom is -0.360 e. The van der Waals surface area contributed by atoms with Crippen LogP contribution in [0.5, 0.6) is 0 Å². The molecule has 142 valence electrons. The number of quaternary nitrogens is 1. The van der Waals surface area contributed by atoms with Crippen molar-refractivity contribution in [1.29, 1.82) is 0 Å². The van der Waals surface area contributed by atoms with Crippen molar-refractivity contribution in [1.82, 2.24) is 0 Å². The first-order valence-corrected chi connectivity index (χ1v) is 11.2. The first kappa shape index (κ1) is 17.8. The molecule has 2 heterocycles. The Morgan fingerprint density at radius 2 is 1.61 bits per heavy atom. The second kappa shape index (κ2) is 7.65. The smallest absolute Gasteiger partial charge is 0.0947 e. The largest absolute Gasteiger partial charge is 0.360 e. The predicted octanol–water partition coefficient (Wildman–Crippen LogP) is 3.81. The lowest BCUT2D eigenvalue weighted by Crippen LogP contribution is -3.12. The summed E-state index contributed by atoms with van der Waals surface area (Å²) in [4.78, 5) is 5.64. The molecule has 2 aliphatic rings. The van der Waals surface area contributed by atoms with Gasteiger partial charge in [-0.3, -0.25) is 0 Å².